The summed E-state index contributed by atoms with van der Waals surface area (Å²) in [6.45, 7) is 6.21. The quantitative estimate of drug-likeness (QED) is 0.667. The third kappa shape index (κ3) is 2.69. The molecule has 1 aliphatic carbocycles. The molecule has 14 heavy (non-hydrogen) atoms. The van der Waals surface area contributed by atoms with Crippen molar-refractivity contribution in [2.24, 2.45) is 11.1 Å². The Balaban J connectivity index is 2.44. The molecule has 0 spiro atoms. The lowest BCUT2D eigenvalue weighted by atomic mass is 9.97. The van der Waals surface area contributed by atoms with Gasteiger partial charge < -0.3 is 10.8 Å². The normalized spacial score (nSPS) is 20.1. The van der Waals surface area contributed by atoms with Crippen LogP contribution in [0.5, 0.6) is 0 Å². The summed E-state index contributed by atoms with van der Waals surface area (Å²) in [4.78, 5) is 2.26. The van der Waals surface area contributed by atoms with Gasteiger partial charge in [-0.05, 0) is 52.1 Å². The van der Waals surface area contributed by atoms with Gasteiger partial charge in [-0.3, -0.25) is 4.90 Å². The lowest BCUT2D eigenvalue weighted by Gasteiger charge is -2.36. The number of hydrogen-bond donors (Lipinski definition) is 2. The molecule has 0 aromatic rings. The van der Waals surface area contributed by atoms with E-state index in [1.807, 2.05) is 0 Å². The average molecular weight is 200 g/mol. The number of nitrogens with two attached hydrogens (primary N) is 1. The zero-order valence-corrected chi connectivity index (χ0v) is 9.71. The first-order chi connectivity index (χ1) is 6.46. The van der Waals surface area contributed by atoms with E-state index >= 15 is 0 Å². The predicted molar refractivity (Wildman–Crippen MR) is 59.1 cm³/mol. The maximum atomic E-state index is 9.25. The molecule has 0 aromatic carbocycles. The molecule has 0 radical (unpaired) electrons. The van der Waals surface area contributed by atoms with E-state index in [4.69, 9.17) is 5.73 Å². The molecule has 0 heterocycles. The van der Waals surface area contributed by atoms with Gasteiger partial charge in [0.05, 0.1) is 6.61 Å². The SMILES string of the molecule is CN(CC1(CCN)CC1)C(C)(C)CO. The molecular formula is C11H24N2O. The second-order valence-corrected chi connectivity index (χ2v) is 5.37. The molecule has 84 valence electrons. The fourth-order valence-electron chi connectivity index (χ4n) is 1.81. The highest BCUT2D eigenvalue weighted by Gasteiger charge is 2.44. The van der Waals surface area contributed by atoms with Crippen LogP contribution in [-0.2, 0) is 0 Å². The lowest BCUT2D eigenvalue weighted by molar-refractivity contribution is 0.0614. The highest BCUT2D eigenvalue weighted by atomic mass is 16.3. The van der Waals surface area contributed by atoms with Crippen molar-refractivity contribution in [1.82, 2.24) is 4.90 Å². The number of nitrogens with zero attached hydrogens (tertiary/aromatic N) is 1. The maximum absolute atomic E-state index is 9.25. The zero-order valence-electron chi connectivity index (χ0n) is 9.71. The Kier molecular flexibility index (Phi) is 3.56. The Labute approximate surface area is 87.3 Å². The Morgan fingerprint density at radius 1 is 1.43 bits per heavy atom. The van der Waals surface area contributed by atoms with E-state index in [1.54, 1.807) is 0 Å². The van der Waals surface area contributed by atoms with Gasteiger partial charge in [-0.2, -0.15) is 0 Å². The van der Waals surface area contributed by atoms with E-state index in [0.29, 0.717) is 5.41 Å². The van der Waals surface area contributed by atoms with Crippen LogP contribution in [0.3, 0.4) is 0 Å². The highest BCUT2D eigenvalue weighted by molar-refractivity contribution is 4.97. The van der Waals surface area contributed by atoms with E-state index in [-0.39, 0.29) is 12.1 Å². The Morgan fingerprint density at radius 2 is 2.00 bits per heavy atom. The van der Waals surface area contributed by atoms with Crippen LogP contribution in [0, 0.1) is 5.41 Å². The van der Waals surface area contributed by atoms with Crippen molar-refractivity contribution < 1.29 is 5.11 Å². The Bertz CT molecular complexity index is 188. The summed E-state index contributed by atoms with van der Waals surface area (Å²) in [5.74, 6) is 0. The van der Waals surface area contributed by atoms with Crippen LogP contribution in [0.2, 0.25) is 0 Å². The second kappa shape index (κ2) is 4.17. The monoisotopic (exact) mass is 200 g/mol. The Hall–Kier alpha value is -0.120. The zero-order chi connectivity index (χ0) is 10.8. The molecule has 3 heteroatoms. The van der Waals surface area contributed by atoms with E-state index in [1.165, 1.54) is 12.8 Å². The van der Waals surface area contributed by atoms with E-state index in [2.05, 4.69) is 25.8 Å². The third-order valence-electron chi connectivity index (χ3n) is 3.62. The molecule has 1 rings (SSSR count). The minimum Gasteiger partial charge on any atom is -0.394 e. The van der Waals surface area contributed by atoms with Crippen LogP contribution in [0.4, 0.5) is 0 Å². The highest BCUT2D eigenvalue weighted by Crippen LogP contribution is 2.49. The fourth-order valence-corrected chi connectivity index (χ4v) is 1.81. The number of likely N-dealkylation sites (N-methyl/N-ethyl adjacent to an activating group) is 1. The van der Waals surface area contributed by atoms with E-state index < -0.39 is 0 Å². The minimum atomic E-state index is -0.107. The summed E-state index contributed by atoms with van der Waals surface area (Å²) in [6, 6.07) is 0. The number of aliphatic hydroxyl groups excluding tert-OH is 1. The molecule has 0 aliphatic heterocycles. The molecule has 1 aliphatic rings. The molecule has 0 saturated heterocycles. The molecule has 3 N–H and O–H groups in total. The topological polar surface area (TPSA) is 49.5 Å². The molecule has 0 bridgehead atoms. The van der Waals surface area contributed by atoms with Gasteiger partial charge in [0.25, 0.3) is 0 Å². The van der Waals surface area contributed by atoms with Crippen molar-refractivity contribution in [2.45, 2.75) is 38.6 Å². The van der Waals surface area contributed by atoms with Gasteiger partial charge >= 0.3 is 0 Å². The molecule has 0 aromatic heterocycles. The predicted octanol–water partition coefficient (Wildman–Crippen LogP) is 0.818. The average Bonchev–Trinajstić information content (AvgIpc) is 2.85. The summed E-state index contributed by atoms with van der Waals surface area (Å²) in [6.07, 6.45) is 3.73. The summed E-state index contributed by atoms with van der Waals surface area (Å²) < 4.78 is 0. The van der Waals surface area contributed by atoms with Gasteiger partial charge in [0.2, 0.25) is 0 Å². The van der Waals surface area contributed by atoms with Gasteiger partial charge in [-0.1, -0.05) is 0 Å². The first-order valence-electron chi connectivity index (χ1n) is 5.48. The van der Waals surface area contributed by atoms with Gasteiger partial charge in [0.15, 0.2) is 0 Å². The summed E-state index contributed by atoms with van der Waals surface area (Å²) in [5, 5.41) is 9.25. The smallest absolute Gasteiger partial charge is 0.0609 e. The number of rotatable bonds is 6. The standard InChI is InChI=1S/C11H24N2O/c1-10(2,9-14)13(3)8-11(4-5-11)6-7-12/h14H,4-9,12H2,1-3H3. The molecular weight excluding hydrogens is 176 g/mol. The molecule has 3 nitrogen and oxygen atoms in total. The van der Waals surface area contributed by atoms with Crippen molar-refractivity contribution in [1.29, 1.82) is 0 Å². The molecule has 1 saturated carbocycles. The van der Waals surface area contributed by atoms with Crippen LogP contribution in [0.25, 0.3) is 0 Å². The number of aliphatic hydroxyl groups is 1. The minimum absolute atomic E-state index is 0.107. The van der Waals surface area contributed by atoms with Gasteiger partial charge in [-0.25, -0.2) is 0 Å². The van der Waals surface area contributed by atoms with Crippen molar-refractivity contribution in [3.8, 4) is 0 Å². The molecule has 1 fully saturated rings. The summed E-state index contributed by atoms with van der Waals surface area (Å²) >= 11 is 0. The van der Waals surface area contributed by atoms with Crippen LogP contribution in [0.15, 0.2) is 0 Å². The molecule has 0 atom stereocenters. The Morgan fingerprint density at radius 3 is 2.36 bits per heavy atom. The second-order valence-electron chi connectivity index (χ2n) is 5.37. The van der Waals surface area contributed by atoms with Crippen LogP contribution in [0.1, 0.15) is 33.1 Å². The maximum Gasteiger partial charge on any atom is 0.0609 e. The van der Waals surface area contributed by atoms with Crippen molar-refractivity contribution >= 4 is 0 Å². The molecule has 0 amide bonds. The van der Waals surface area contributed by atoms with E-state index in [0.717, 1.165) is 19.5 Å². The van der Waals surface area contributed by atoms with Gasteiger partial charge in [-0.15, -0.1) is 0 Å². The first kappa shape index (κ1) is 12.0. The van der Waals surface area contributed by atoms with Crippen LogP contribution >= 0.6 is 0 Å². The van der Waals surface area contributed by atoms with Crippen molar-refractivity contribution in [2.75, 3.05) is 26.7 Å². The van der Waals surface area contributed by atoms with Crippen molar-refractivity contribution in [3.63, 3.8) is 0 Å². The largest absolute Gasteiger partial charge is 0.394 e. The molecule has 0 unspecified atom stereocenters. The van der Waals surface area contributed by atoms with Gasteiger partial charge in [0, 0.05) is 12.1 Å². The van der Waals surface area contributed by atoms with Crippen molar-refractivity contribution in [3.05, 3.63) is 0 Å². The summed E-state index contributed by atoms with van der Waals surface area (Å²) in [5.41, 5.74) is 5.97. The van der Waals surface area contributed by atoms with E-state index in [9.17, 15) is 5.11 Å². The third-order valence-corrected chi connectivity index (χ3v) is 3.62. The first-order valence-corrected chi connectivity index (χ1v) is 5.48. The van der Waals surface area contributed by atoms with Gasteiger partial charge in [0.1, 0.15) is 0 Å². The lowest BCUT2D eigenvalue weighted by Crippen LogP contribution is -2.47. The fraction of sp³-hybridized carbons (Fsp3) is 1.00. The van der Waals surface area contributed by atoms with Crippen LogP contribution in [-0.4, -0.2) is 42.3 Å². The van der Waals surface area contributed by atoms with Crippen LogP contribution < -0.4 is 5.73 Å². The number of hydrogen-bond acceptors (Lipinski definition) is 3. The summed E-state index contributed by atoms with van der Waals surface area (Å²) in [7, 11) is 2.09.